The molecule has 0 unspecified atom stereocenters. The van der Waals surface area contributed by atoms with Gasteiger partial charge in [0.15, 0.2) is 23.0 Å². The van der Waals surface area contributed by atoms with Crippen molar-refractivity contribution in [1.82, 2.24) is 0 Å². The fraction of sp³-hybridized carbons (Fsp3) is 0.235. The Morgan fingerprint density at radius 3 is 1.96 bits per heavy atom. The van der Waals surface area contributed by atoms with Crippen LogP contribution in [-0.2, 0) is 0 Å². The Kier molecular flexibility index (Phi) is 6.13. The topological polar surface area (TPSA) is 66.0 Å². The molecule has 0 atom stereocenters. The highest BCUT2D eigenvalue weighted by atomic mass is 127. The predicted octanol–water partition coefficient (Wildman–Crippen LogP) is 3.58. The third kappa shape index (κ3) is 3.84. The number of hydrogen-bond donors (Lipinski definition) is 1. The first-order valence-corrected chi connectivity index (χ1v) is 8.06. The van der Waals surface area contributed by atoms with Crippen LogP contribution < -0.4 is 24.3 Å². The van der Waals surface area contributed by atoms with Crippen molar-refractivity contribution in [3.05, 3.63) is 39.5 Å². The average molecular weight is 443 g/mol. The Morgan fingerprint density at radius 2 is 1.38 bits per heavy atom. The number of methoxy groups -OCH3 is 4. The lowest BCUT2D eigenvalue weighted by Gasteiger charge is -2.13. The number of ether oxygens (including phenoxy) is 4. The number of nitrogens with one attached hydrogen (secondary N) is 1. The molecule has 2 rings (SSSR count). The normalized spacial score (nSPS) is 10.0. The maximum Gasteiger partial charge on any atom is 0.256 e. The molecule has 7 heteroatoms. The van der Waals surface area contributed by atoms with E-state index in [0.717, 1.165) is 3.57 Å². The fourth-order valence-corrected chi connectivity index (χ4v) is 2.82. The van der Waals surface area contributed by atoms with E-state index in [9.17, 15) is 4.79 Å². The summed E-state index contributed by atoms with van der Waals surface area (Å²) in [5.41, 5.74) is 1.09. The smallest absolute Gasteiger partial charge is 0.256 e. The van der Waals surface area contributed by atoms with E-state index in [-0.39, 0.29) is 5.91 Å². The number of hydrogen-bond acceptors (Lipinski definition) is 5. The maximum atomic E-state index is 12.6. The molecule has 0 aliphatic rings. The quantitative estimate of drug-likeness (QED) is 0.692. The van der Waals surface area contributed by atoms with Crippen LogP contribution in [0.5, 0.6) is 23.0 Å². The van der Waals surface area contributed by atoms with Crippen molar-refractivity contribution >= 4 is 34.2 Å². The largest absolute Gasteiger partial charge is 0.493 e. The zero-order chi connectivity index (χ0) is 17.7. The summed E-state index contributed by atoms with van der Waals surface area (Å²) in [6, 6.07) is 8.57. The lowest BCUT2D eigenvalue weighted by molar-refractivity contribution is 0.102. The van der Waals surface area contributed by atoms with E-state index >= 15 is 0 Å². The molecular formula is C17H18INO5. The van der Waals surface area contributed by atoms with Crippen LogP contribution in [0.2, 0.25) is 0 Å². The third-order valence-corrected chi connectivity index (χ3v) is 4.25. The predicted molar refractivity (Wildman–Crippen MR) is 99.8 cm³/mol. The van der Waals surface area contributed by atoms with Gasteiger partial charge in [0.05, 0.1) is 34.0 Å². The van der Waals surface area contributed by atoms with Gasteiger partial charge in [-0.2, -0.15) is 0 Å². The van der Waals surface area contributed by atoms with Crippen molar-refractivity contribution in [2.75, 3.05) is 33.8 Å². The molecule has 24 heavy (non-hydrogen) atoms. The molecule has 0 saturated carbocycles. The monoisotopic (exact) mass is 443 g/mol. The molecule has 0 bridgehead atoms. The first kappa shape index (κ1) is 18.2. The lowest BCUT2D eigenvalue weighted by Crippen LogP contribution is -2.14. The van der Waals surface area contributed by atoms with Crippen molar-refractivity contribution in [3.63, 3.8) is 0 Å². The molecule has 1 amide bonds. The molecule has 0 saturated heterocycles. The van der Waals surface area contributed by atoms with Crippen LogP contribution in [0, 0.1) is 3.57 Å². The summed E-state index contributed by atoms with van der Waals surface area (Å²) in [7, 11) is 6.18. The van der Waals surface area contributed by atoms with Crippen molar-refractivity contribution in [1.29, 1.82) is 0 Å². The molecule has 2 aromatic rings. The molecule has 128 valence electrons. The van der Waals surface area contributed by atoms with Gasteiger partial charge in [-0.3, -0.25) is 4.79 Å². The molecule has 0 aliphatic carbocycles. The second-order valence-electron chi connectivity index (χ2n) is 4.71. The molecule has 0 fully saturated rings. The highest BCUT2D eigenvalue weighted by Gasteiger charge is 2.16. The van der Waals surface area contributed by atoms with Crippen molar-refractivity contribution in [2.45, 2.75) is 0 Å². The maximum absolute atomic E-state index is 12.6. The minimum Gasteiger partial charge on any atom is -0.493 e. The Labute approximate surface area is 154 Å². The molecule has 6 nitrogen and oxygen atoms in total. The number of carbonyl (C=O) groups excluding carboxylic acids is 1. The molecule has 0 heterocycles. The van der Waals surface area contributed by atoms with Gasteiger partial charge < -0.3 is 24.3 Å². The summed E-state index contributed by atoms with van der Waals surface area (Å²) in [6.45, 7) is 0. The van der Waals surface area contributed by atoms with Crippen LogP contribution >= 0.6 is 22.6 Å². The second-order valence-corrected chi connectivity index (χ2v) is 5.87. The Hall–Kier alpha value is -2.16. The number of benzene rings is 2. The number of amides is 1. The van der Waals surface area contributed by atoms with E-state index in [2.05, 4.69) is 27.9 Å². The van der Waals surface area contributed by atoms with Gasteiger partial charge in [-0.25, -0.2) is 0 Å². The summed E-state index contributed by atoms with van der Waals surface area (Å²) < 4.78 is 21.7. The van der Waals surface area contributed by atoms with Gasteiger partial charge in [-0.15, -0.1) is 0 Å². The van der Waals surface area contributed by atoms with Gasteiger partial charge in [0.25, 0.3) is 5.91 Å². The van der Waals surface area contributed by atoms with Crippen LogP contribution in [0.4, 0.5) is 5.69 Å². The van der Waals surface area contributed by atoms with Crippen LogP contribution in [0.3, 0.4) is 0 Å². The van der Waals surface area contributed by atoms with E-state index in [0.29, 0.717) is 34.2 Å². The molecule has 0 radical (unpaired) electrons. The number of anilines is 1. The van der Waals surface area contributed by atoms with Crippen LogP contribution in [0.25, 0.3) is 0 Å². The fourth-order valence-electron chi connectivity index (χ4n) is 2.14. The standard InChI is InChI=1S/C17H18INO5/c1-21-13-6-5-10(7-14(13)22-2)19-17(20)11-8-15(23-3)16(24-4)9-12(11)18/h5-9H,1-4H3,(H,19,20). The summed E-state index contributed by atoms with van der Waals surface area (Å²) in [5.74, 6) is 1.95. The van der Waals surface area contributed by atoms with E-state index in [1.807, 2.05) is 0 Å². The first-order chi connectivity index (χ1) is 11.5. The van der Waals surface area contributed by atoms with Gasteiger partial charge in [0.2, 0.25) is 0 Å². The van der Waals surface area contributed by atoms with Crippen LogP contribution in [0.1, 0.15) is 10.4 Å². The Morgan fingerprint density at radius 1 is 0.833 bits per heavy atom. The van der Waals surface area contributed by atoms with E-state index in [1.165, 1.54) is 7.11 Å². The highest BCUT2D eigenvalue weighted by molar-refractivity contribution is 14.1. The number of halogens is 1. The van der Waals surface area contributed by atoms with Crippen LogP contribution in [-0.4, -0.2) is 34.3 Å². The van der Waals surface area contributed by atoms with Gasteiger partial charge in [0, 0.05) is 15.3 Å². The van der Waals surface area contributed by atoms with Crippen molar-refractivity contribution < 1.29 is 23.7 Å². The summed E-state index contributed by atoms with van der Waals surface area (Å²) in [4.78, 5) is 12.6. The molecule has 1 N–H and O–H groups in total. The van der Waals surface area contributed by atoms with E-state index < -0.39 is 0 Å². The van der Waals surface area contributed by atoms with Crippen molar-refractivity contribution in [2.24, 2.45) is 0 Å². The second kappa shape index (κ2) is 8.09. The number of rotatable bonds is 6. The molecular weight excluding hydrogens is 425 g/mol. The zero-order valence-electron chi connectivity index (χ0n) is 13.8. The molecule has 0 aliphatic heterocycles. The zero-order valence-corrected chi connectivity index (χ0v) is 16.0. The van der Waals surface area contributed by atoms with Gasteiger partial charge >= 0.3 is 0 Å². The highest BCUT2D eigenvalue weighted by Crippen LogP contribution is 2.33. The minimum absolute atomic E-state index is 0.257. The Bertz CT molecular complexity index is 748. The molecule has 0 aromatic heterocycles. The SMILES string of the molecule is COc1ccc(NC(=O)c2cc(OC)c(OC)cc2I)cc1OC. The van der Waals surface area contributed by atoms with Gasteiger partial charge in [-0.1, -0.05) is 0 Å². The summed E-state index contributed by atoms with van der Waals surface area (Å²) in [6.07, 6.45) is 0. The molecule has 2 aromatic carbocycles. The lowest BCUT2D eigenvalue weighted by atomic mass is 10.1. The van der Waals surface area contributed by atoms with Crippen LogP contribution in [0.15, 0.2) is 30.3 Å². The summed E-state index contributed by atoms with van der Waals surface area (Å²) >= 11 is 2.08. The minimum atomic E-state index is -0.257. The van der Waals surface area contributed by atoms with Gasteiger partial charge in [-0.05, 0) is 46.9 Å². The summed E-state index contributed by atoms with van der Waals surface area (Å²) in [5, 5.41) is 2.84. The molecule has 0 spiro atoms. The average Bonchev–Trinajstić information content (AvgIpc) is 2.60. The van der Waals surface area contributed by atoms with Crippen molar-refractivity contribution in [3.8, 4) is 23.0 Å². The van der Waals surface area contributed by atoms with E-state index in [1.54, 1.807) is 51.7 Å². The van der Waals surface area contributed by atoms with E-state index in [4.69, 9.17) is 18.9 Å². The third-order valence-electron chi connectivity index (χ3n) is 3.36. The van der Waals surface area contributed by atoms with Gasteiger partial charge in [0.1, 0.15) is 0 Å². The first-order valence-electron chi connectivity index (χ1n) is 6.99. The number of carbonyl (C=O) groups is 1. The Balaban J connectivity index is 2.30.